The van der Waals surface area contributed by atoms with E-state index in [-0.39, 0.29) is 22.8 Å². The molecule has 1 aromatic carbocycles. The van der Waals surface area contributed by atoms with Crippen molar-refractivity contribution in [2.24, 2.45) is 0 Å². The van der Waals surface area contributed by atoms with Crippen molar-refractivity contribution in [2.75, 3.05) is 6.54 Å². The number of nitrogens with one attached hydrogen (secondary N) is 2. The van der Waals surface area contributed by atoms with Crippen molar-refractivity contribution in [3.8, 4) is 0 Å². The highest BCUT2D eigenvalue weighted by Gasteiger charge is 2.12. The molecule has 3 rings (SSSR count). The zero-order valence-corrected chi connectivity index (χ0v) is 15.5. The van der Waals surface area contributed by atoms with Gasteiger partial charge in [0.25, 0.3) is 5.56 Å². The van der Waals surface area contributed by atoms with E-state index in [4.69, 9.17) is 12.2 Å². The van der Waals surface area contributed by atoms with E-state index < -0.39 is 0 Å². The van der Waals surface area contributed by atoms with E-state index in [9.17, 15) is 9.59 Å². The zero-order valence-electron chi connectivity index (χ0n) is 13.9. The maximum Gasteiger partial charge on any atom is 0.263 e. The SMILES string of the molecule is CCc1cc2c(=O)n(CC(=O)NCCc3ccccc3)c(=S)[nH]c2s1. The van der Waals surface area contributed by atoms with Gasteiger partial charge in [0.2, 0.25) is 5.91 Å². The van der Waals surface area contributed by atoms with Gasteiger partial charge in [0.05, 0.1) is 5.39 Å². The molecular formula is C18H19N3O2S2. The highest BCUT2D eigenvalue weighted by Crippen LogP contribution is 2.21. The lowest BCUT2D eigenvalue weighted by Gasteiger charge is -2.08. The van der Waals surface area contributed by atoms with Gasteiger partial charge >= 0.3 is 0 Å². The molecule has 2 aromatic heterocycles. The second-order valence-electron chi connectivity index (χ2n) is 5.72. The molecule has 0 aliphatic rings. The van der Waals surface area contributed by atoms with Gasteiger partial charge in [0, 0.05) is 11.4 Å². The van der Waals surface area contributed by atoms with Crippen LogP contribution in [0.2, 0.25) is 0 Å². The highest BCUT2D eigenvalue weighted by molar-refractivity contribution is 7.71. The number of aryl methyl sites for hydroxylation is 1. The molecule has 0 atom stereocenters. The minimum absolute atomic E-state index is 0.0732. The summed E-state index contributed by atoms with van der Waals surface area (Å²) in [4.78, 5) is 29.7. The summed E-state index contributed by atoms with van der Waals surface area (Å²) in [6.07, 6.45) is 1.61. The first kappa shape index (κ1) is 17.6. The third-order valence-corrected chi connectivity index (χ3v) is 5.47. The molecule has 0 unspecified atom stereocenters. The fourth-order valence-corrected chi connectivity index (χ4v) is 3.91. The number of amides is 1. The van der Waals surface area contributed by atoms with Gasteiger partial charge in [0.1, 0.15) is 11.4 Å². The number of hydrogen-bond acceptors (Lipinski definition) is 4. The van der Waals surface area contributed by atoms with Crippen molar-refractivity contribution in [3.63, 3.8) is 0 Å². The summed E-state index contributed by atoms with van der Waals surface area (Å²) in [5, 5.41) is 3.43. The molecule has 0 radical (unpaired) electrons. The molecule has 0 bridgehead atoms. The summed E-state index contributed by atoms with van der Waals surface area (Å²) in [6, 6.07) is 11.8. The topological polar surface area (TPSA) is 66.9 Å². The molecule has 0 aliphatic heterocycles. The summed E-state index contributed by atoms with van der Waals surface area (Å²) >= 11 is 6.78. The summed E-state index contributed by atoms with van der Waals surface area (Å²) < 4.78 is 1.60. The van der Waals surface area contributed by atoms with E-state index >= 15 is 0 Å². The number of thiophene rings is 1. The van der Waals surface area contributed by atoms with Gasteiger partial charge in [-0.25, -0.2) is 0 Å². The van der Waals surface area contributed by atoms with E-state index in [2.05, 4.69) is 10.3 Å². The Morgan fingerprint density at radius 3 is 2.80 bits per heavy atom. The number of carbonyl (C=O) groups excluding carboxylic acids is 1. The van der Waals surface area contributed by atoms with Crippen molar-refractivity contribution < 1.29 is 4.79 Å². The van der Waals surface area contributed by atoms with Crippen molar-refractivity contribution in [3.05, 3.63) is 62.0 Å². The van der Waals surface area contributed by atoms with Crippen LogP contribution in [-0.2, 0) is 24.2 Å². The van der Waals surface area contributed by atoms with Gasteiger partial charge in [-0.15, -0.1) is 11.3 Å². The van der Waals surface area contributed by atoms with E-state index in [0.717, 1.165) is 28.1 Å². The van der Waals surface area contributed by atoms with Gasteiger partial charge in [-0.05, 0) is 36.7 Å². The summed E-state index contributed by atoms with van der Waals surface area (Å²) in [5.74, 6) is -0.220. The van der Waals surface area contributed by atoms with Crippen LogP contribution in [0, 0.1) is 4.77 Å². The van der Waals surface area contributed by atoms with E-state index in [1.165, 1.54) is 15.9 Å². The molecule has 0 aliphatic carbocycles. The van der Waals surface area contributed by atoms with Crippen molar-refractivity contribution in [1.82, 2.24) is 14.9 Å². The van der Waals surface area contributed by atoms with Gasteiger partial charge in [-0.2, -0.15) is 0 Å². The molecule has 0 spiro atoms. The van der Waals surface area contributed by atoms with Crippen LogP contribution >= 0.6 is 23.6 Å². The average Bonchev–Trinajstić information content (AvgIpc) is 3.03. The molecule has 0 saturated carbocycles. The number of aromatic nitrogens is 2. The van der Waals surface area contributed by atoms with Crippen LogP contribution in [0.15, 0.2) is 41.2 Å². The molecule has 7 heteroatoms. The third kappa shape index (κ3) is 4.05. The Kier molecular flexibility index (Phi) is 5.45. The van der Waals surface area contributed by atoms with Crippen molar-refractivity contribution in [1.29, 1.82) is 0 Å². The second kappa shape index (κ2) is 7.76. The molecule has 2 N–H and O–H groups in total. The number of carbonyl (C=O) groups is 1. The zero-order chi connectivity index (χ0) is 17.8. The van der Waals surface area contributed by atoms with E-state index in [0.29, 0.717) is 11.9 Å². The Morgan fingerprint density at radius 2 is 2.08 bits per heavy atom. The number of nitrogens with zero attached hydrogens (tertiary/aromatic N) is 1. The average molecular weight is 374 g/mol. The quantitative estimate of drug-likeness (QED) is 0.653. The molecule has 0 saturated heterocycles. The van der Waals surface area contributed by atoms with Gasteiger partial charge < -0.3 is 10.3 Å². The number of fused-ring (bicyclic) bond motifs is 1. The minimum Gasteiger partial charge on any atom is -0.354 e. The number of benzene rings is 1. The Labute approximate surface area is 154 Å². The standard InChI is InChI=1S/C18H19N3O2S2/c1-2-13-10-14-16(25-13)20-18(24)21(17(14)23)11-15(22)19-9-8-12-6-4-3-5-7-12/h3-7,10H,2,8-9,11H2,1H3,(H,19,22)(H,20,24). The van der Waals surface area contributed by atoms with E-state index in [1.54, 1.807) is 0 Å². The van der Waals surface area contributed by atoms with Gasteiger partial charge in [-0.1, -0.05) is 37.3 Å². The predicted octanol–water partition coefficient (Wildman–Crippen LogP) is 3.04. The number of aromatic amines is 1. The fraction of sp³-hybridized carbons (Fsp3) is 0.278. The smallest absolute Gasteiger partial charge is 0.263 e. The number of hydrogen-bond donors (Lipinski definition) is 2. The van der Waals surface area contributed by atoms with Crippen LogP contribution in [0.5, 0.6) is 0 Å². The molecule has 1 amide bonds. The Bertz CT molecular complexity index is 1000. The minimum atomic E-state index is -0.220. The van der Waals surface area contributed by atoms with Crippen LogP contribution < -0.4 is 10.9 Å². The van der Waals surface area contributed by atoms with Gasteiger partial charge in [0.15, 0.2) is 4.77 Å². The van der Waals surface area contributed by atoms with E-state index in [1.807, 2.05) is 43.3 Å². The lowest BCUT2D eigenvalue weighted by molar-refractivity contribution is -0.121. The van der Waals surface area contributed by atoms with Crippen LogP contribution in [0.4, 0.5) is 0 Å². The first-order valence-electron chi connectivity index (χ1n) is 8.14. The maximum atomic E-state index is 12.6. The maximum absolute atomic E-state index is 12.6. The lowest BCUT2D eigenvalue weighted by atomic mass is 10.1. The lowest BCUT2D eigenvalue weighted by Crippen LogP contribution is -2.34. The first-order valence-corrected chi connectivity index (χ1v) is 9.37. The Hall–Kier alpha value is -2.25. The van der Waals surface area contributed by atoms with Gasteiger partial charge in [-0.3, -0.25) is 14.2 Å². The Morgan fingerprint density at radius 1 is 1.32 bits per heavy atom. The summed E-state index contributed by atoms with van der Waals surface area (Å²) in [7, 11) is 0. The monoisotopic (exact) mass is 373 g/mol. The number of H-pyrrole nitrogens is 1. The molecule has 25 heavy (non-hydrogen) atoms. The third-order valence-electron chi connectivity index (χ3n) is 3.95. The molecule has 2 heterocycles. The van der Waals surface area contributed by atoms with Crippen molar-refractivity contribution in [2.45, 2.75) is 26.3 Å². The van der Waals surface area contributed by atoms with Crippen LogP contribution in [0.3, 0.4) is 0 Å². The molecular weight excluding hydrogens is 354 g/mol. The normalized spacial score (nSPS) is 10.9. The van der Waals surface area contributed by atoms with Crippen LogP contribution in [-0.4, -0.2) is 22.0 Å². The summed E-state index contributed by atoms with van der Waals surface area (Å²) in [5.41, 5.74) is 0.942. The molecule has 5 nitrogen and oxygen atoms in total. The number of rotatable bonds is 6. The second-order valence-corrected chi connectivity index (χ2v) is 7.24. The predicted molar refractivity (Wildman–Crippen MR) is 104 cm³/mol. The Balaban J connectivity index is 1.70. The molecule has 130 valence electrons. The van der Waals surface area contributed by atoms with Crippen LogP contribution in [0.25, 0.3) is 10.2 Å². The molecule has 0 fully saturated rings. The highest BCUT2D eigenvalue weighted by atomic mass is 32.1. The molecule has 3 aromatic rings. The first-order chi connectivity index (χ1) is 12.1. The fourth-order valence-electron chi connectivity index (χ4n) is 2.60. The van der Waals surface area contributed by atoms with Crippen molar-refractivity contribution >= 4 is 39.7 Å². The largest absolute Gasteiger partial charge is 0.354 e. The summed E-state index contributed by atoms with van der Waals surface area (Å²) in [6.45, 7) is 2.49. The van der Waals surface area contributed by atoms with Crippen LogP contribution in [0.1, 0.15) is 17.4 Å².